The maximum atomic E-state index is 11.9. The molecular weight excluding hydrogens is 296 g/mol. The summed E-state index contributed by atoms with van der Waals surface area (Å²) in [5, 5.41) is 6.79. The minimum absolute atomic E-state index is 0.0120. The van der Waals surface area contributed by atoms with E-state index in [1.54, 1.807) is 0 Å². The molecule has 2 N–H and O–H groups in total. The molecule has 3 nitrogen and oxygen atoms in total. The number of benzene rings is 2. The highest BCUT2D eigenvalue weighted by atomic mass is 35.5. The standard InChI is InChI=1S/C18H21ClN2O/c1-13-6-7-17(14(2)10-13)21-12-18(22)20-9-8-15-4-3-5-16(19)11-15/h3-7,10-11,21H,8-9,12H2,1-2H3,(H,20,22). The van der Waals surface area contributed by atoms with Gasteiger partial charge >= 0.3 is 0 Å². The molecule has 0 bridgehead atoms. The largest absolute Gasteiger partial charge is 0.376 e. The zero-order valence-corrected chi connectivity index (χ0v) is 13.7. The summed E-state index contributed by atoms with van der Waals surface area (Å²) in [6, 6.07) is 13.8. The molecule has 22 heavy (non-hydrogen) atoms. The van der Waals surface area contributed by atoms with Gasteiger partial charge in [-0.05, 0) is 49.6 Å². The molecule has 0 saturated heterocycles. The molecule has 0 aromatic heterocycles. The van der Waals surface area contributed by atoms with E-state index in [1.807, 2.05) is 43.3 Å². The predicted octanol–water partition coefficient (Wildman–Crippen LogP) is 3.73. The SMILES string of the molecule is Cc1ccc(NCC(=O)NCCc2cccc(Cl)c2)c(C)c1. The lowest BCUT2D eigenvalue weighted by Gasteiger charge is -2.10. The molecule has 0 fully saturated rings. The van der Waals surface area contributed by atoms with Gasteiger partial charge in [0.05, 0.1) is 6.54 Å². The van der Waals surface area contributed by atoms with Crippen molar-refractivity contribution < 1.29 is 4.79 Å². The molecule has 116 valence electrons. The second-order valence-electron chi connectivity index (χ2n) is 5.40. The molecule has 0 aliphatic rings. The third-order valence-corrected chi connectivity index (χ3v) is 3.68. The lowest BCUT2D eigenvalue weighted by molar-refractivity contribution is -0.119. The first-order valence-corrected chi connectivity index (χ1v) is 7.74. The van der Waals surface area contributed by atoms with Crippen molar-refractivity contribution in [1.29, 1.82) is 0 Å². The van der Waals surface area contributed by atoms with E-state index < -0.39 is 0 Å². The molecule has 0 heterocycles. The Balaban J connectivity index is 1.74. The van der Waals surface area contributed by atoms with E-state index >= 15 is 0 Å². The van der Waals surface area contributed by atoms with Crippen LogP contribution in [0, 0.1) is 13.8 Å². The van der Waals surface area contributed by atoms with E-state index in [1.165, 1.54) is 5.56 Å². The number of aryl methyl sites for hydroxylation is 2. The molecule has 0 aliphatic carbocycles. The number of amides is 1. The van der Waals surface area contributed by atoms with Crippen molar-refractivity contribution in [2.24, 2.45) is 0 Å². The molecule has 0 radical (unpaired) electrons. The van der Waals surface area contributed by atoms with E-state index in [-0.39, 0.29) is 12.5 Å². The normalized spacial score (nSPS) is 10.3. The van der Waals surface area contributed by atoms with Gasteiger partial charge in [-0.1, -0.05) is 41.4 Å². The van der Waals surface area contributed by atoms with E-state index in [9.17, 15) is 4.79 Å². The maximum absolute atomic E-state index is 11.9. The Hall–Kier alpha value is -2.00. The molecule has 2 aromatic rings. The van der Waals surface area contributed by atoms with Gasteiger partial charge in [0, 0.05) is 17.3 Å². The van der Waals surface area contributed by atoms with Crippen LogP contribution in [0.5, 0.6) is 0 Å². The maximum Gasteiger partial charge on any atom is 0.239 e. The lowest BCUT2D eigenvalue weighted by atomic mass is 10.1. The molecule has 2 aromatic carbocycles. The molecular formula is C18H21ClN2O. The van der Waals surface area contributed by atoms with Crippen LogP contribution < -0.4 is 10.6 Å². The van der Waals surface area contributed by atoms with E-state index in [2.05, 4.69) is 23.6 Å². The molecule has 0 spiro atoms. The zero-order chi connectivity index (χ0) is 15.9. The number of nitrogens with one attached hydrogen (secondary N) is 2. The Morgan fingerprint density at radius 2 is 1.95 bits per heavy atom. The fraction of sp³-hybridized carbons (Fsp3) is 0.278. The summed E-state index contributed by atoms with van der Waals surface area (Å²) >= 11 is 5.93. The molecule has 0 aliphatic heterocycles. The quantitative estimate of drug-likeness (QED) is 0.852. The second kappa shape index (κ2) is 7.85. The van der Waals surface area contributed by atoms with E-state index in [0.717, 1.165) is 28.3 Å². The van der Waals surface area contributed by atoms with Crippen LogP contribution in [0.1, 0.15) is 16.7 Å². The van der Waals surface area contributed by atoms with Crippen LogP contribution in [0.4, 0.5) is 5.69 Å². The summed E-state index contributed by atoms with van der Waals surface area (Å²) in [6.45, 7) is 4.97. The number of anilines is 1. The van der Waals surface area contributed by atoms with Gasteiger partial charge in [-0.15, -0.1) is 0 Å². The van der Waals surface area contributed by atoms with Crippen LogP contribution in [0.2, 0.25) is 5.02 Å². The van der Waals surface area contributed by atoms with Crippen molar-refractivity contribution in [3.8, 4) is 0 Å². The smallest absolute Gasteiger partial charge is 0.239 e. The molecule has 4 heteroatoms. The topological polar surface area (TPSA) is 41.1 Å². The summed E-state index contributed by atoms with van der Waals surface area (Å²) < 4.78 is 0. The van der Waals surface area contributed by atoms with Gasteiger partial charge in [0.15, 0.2) is 0 Å². The van der Waals surface area contributed by atoms with Gasteiger partial charge in [0.2, 0.25) is 5.91 Å². The van der Waals surface area contributed by atoms with Crippen LogP contribution in [0.15, 0.2) is 42.5 Å². The Morgan fingerprint density at radius 3 is 2.68 bits per heavy atom. The molecule has 0 unspecified atom stereocenters. The van der Waals surface area contributed by atoms with Gasteiger partial charge in [-0.3, -0.25) is 4.79 Å². The third-order valence-electron chi connectivity index (χ3n) is 3.45. The minimum Gasteiger partial charge on any atom is -0.376 e. The Kier molecular flexibility index (Phi) is 5.84. The number of rotatable bonds is 6. The Morgan fingerprint density at radius 1 is 1.14 bits per heavy atom. The Labute approximate surface area is 136 Å². The number of carbonyl (C=O) groups excluding carboxylic acids is 1. The van der Waals surface area contributed by atoms with E-state index in [0.29, 0.717) is 6.54 Å². The minimum atomic E-state index is -0.0120. The van der Waals surface area contributed by atoms with Gasteiger partial charge in [-0.2, -0.15) is 0 Å². The van der Waals surface area contributed by atoms with Gasteiger partial charge < -0.3 is 10.6 Å². The molecule has 1 amide bonds. The fourth-order valence-corrected chi connectivity index (χ4v) is 2.50. The zero-order valence-electron chi connectivity index (χ0n) is 12.9. The van der Waals surface area contributed by atoms with Gasteiger partial charge in [0.1, 0.15) is 0 Å². The summed E-state index contributed by atoms with van der Waals surface area (Å²) in [7, 11) is 0. The van der Waals surface area contributed by atoms with Crippen LogP contribution >= 0.6 is 11.6 Å². The monoisotopic (exact) mass is 316 g/mol. The second-order valence-corrected chi connectivity index (χ2v) is 5.84. The first kappa shape index (κ1) is 16.4. The number of carbonyl (C=O) groups is 1. The summed E-state index contributed by atoms with van der Waals surface area (Å²) in [5.41, 5.74) is 4.48. The summed E-state index contributed by atoms with van der Waals surface area (Å²) in [4.78, 5) is 11.9. The van der Waals surface area contributed by atoms with Crippen molar-refractivity contribution in [2.45, 2.75) is 20.3 Å². The van der Waals surface area contributed by atoms with Crippen LogP contribution in [-0.4, -0.2) is 19.0 Å². The van der Waals surface area contributed by atoms with Crippen LogP contribution in [0.3, 0.4) is 0 Å². The first-order valence-electron chi connectivity index (χ1n) is 7.37. The average molecular weight is 317 g/mol. The fourth-order valence-electron chi connectivity index (χ4n) is 2.29. The van der Waals surface area contributed by atoms with Crippen molar-refractivity contribution in [3.63, 3.8) is 0 Å². The lowest BCUT2D eigenvalue weighted by Crippen LogP contribution is -2.31. The van der Waals surface area contributed by atoms with Crippen LogP contribution in [-0.2, 0) is 11.2 Å². The predicted molar refractivity (Wildman–Crippen MR) is 92.6 cm³/mol. The van der Waals surface area contributed by atoms with Crippen molar-refractivity contribution in [1.82, 2.24) is 5.32 Å². The summed E-state index contributed by atoms with van der Waals surface area (Å²) in [6.07, 6.45) is 0.774. The first-order chi connectivity index (χ1) is 10.5. The van der Waals surface area contributed by atoms with E-state index in [4.69, 9.17) is 11.6 Å². The number of halogens is 1. The van der Waals surface area contributed by atoms with Crippen molar-refractivity contribution in [2.75, 3.05) is 18.4 Å². The molecule has 0 saturated carbocycles. The average Bonchev–Trinajstić information content (AvgIpc) is 2.46. The molecule has 2 rings (SSSR count). The number of hydrogen-bond acceptors (Lipinski definition) is 2. The van der Waals surface area contributed by atoms with Crippen LogP contribution in [0.25, 0.3) is 0 Å². The Bertz CT molecular complexity index is 655. The number of hydrogen-bond donors (Lipinski definition) is 2. The molecule has 0 atom stereocenters. The highest BCUT2D eigenvalue weighted by Crippen LogP contribution is 2.15. The van der Waals surface area contributed by atoms with Crippen molar-refractivity contribution >= 4 is 23.2 Å². The van der Waals surface area contributed by atoms with Gasteiger partial charge in [0.25, 0.3) is 0 Å². The highest BCUT2D eigenvalue weighted by Gasteiger charge is 2.03. The summed E-state index contributed by atoms with van der Waals surface area (Å²) in [5.74, 6) is -0.0120. The van der Waals surface area contributed by atoms with Crippen molar-refractivity contribution in [3.05, 3.63) is 64.2 Å². The highest BCUT2D eigenvalue weighted by molar-refractivity contribution is 6.30. The third kappa shape index (κ3) is 5.08. The van der Waals surface area contributed by atoms with Gasteiger partial charge in [-0.25, -0.2) is 0 Å².